The predicted molar refractivity (Wildman–Crippen MR) is 29.6 cm³/mol. The summed E-state index contributed by atoms with van der Waals surface area (Å²) in [6.07, 6.45) is 0. The maximum atomic E-state index is 10.7. The average Bonchev–Trinajstić information content (AvgIpc) is 2.11. The third-order valence-electron chi connectivity index (χ3n) is 0.577. The minimum Gasteiger partial charge on any atom is -0.268 e. The van der Waals surface area contributed by atoms with Gasteiger partial charge in [-0.15, -0.1) is 0 Å². The maximum Gasteiger partial charge on any atom is 0.260 e. The molecule has 7 heavy (non-hydrogen) atoms. The first-order valence-electron chi connectivity index (χ1n) is 3.19. The fourth-order valence-electron chi connectivity index (χ4n) is 0.269. The van der Waals surface area contributed by atoms with E-state index in [0.717, 1.165) is 15.5 Å². The Morgan fingerprint density at radius 2 is 3.00 bits per heavy atom. The summed E-state index contributed by atoms with van der Waals surface area (Å²) < 4.78 is 21.3. The van der Waals surface area contributed by atoms with Crippen LogP contribution in [0.4, 0.5) is 0 Å². The van der Waals surface area contributed by atoms with Gasteiger partial charge in [0.2, 0.25) is 0 Å². The van der Waals surface area contributed by atoms with E-state index in [1.165, 1.54) is 11.4 Å². The highest BCUT2D eigenvalue weighted by Crippen LogP contribution is 1.84. The number of hydrogen-bond donors (Lipinski definition) is 0. The molecule has 0 saturated heterocycles. The van der Waals surface area contributed by atoms with Crippen LogP contribution in [-0.2, 0) is 6.98 Å². The van der Waals surface area contributed by atoms with Crippen LogP contribution >= 0.6 is 11.5 Å². The minimum atomic E-state index is -2.31. The van der Waals surface area contributed by atoms with Gasteiger partial charge in [-0.05, 0) is 0 Å². The third kappa shape index (κ3) is 0.718. The van der Waals surface area contributed by atoms with E-state index in [2.05, 4.69) is 0 Å². The van der Waals surface area contributed by atoms with Gasteiger partial charge in [0.25, 0.3) is 5.56 Å². The van der Waals surface area contributed by atoms with Gasteiger partial charge in [-0.2, -0.15) is 0 Å². The first-order chi connectivity index (χ1) is 4.52. The van der Waals surface area contributed by atoms with Gasteiger partial charge in [0.15, 0.2) is 0 Å². The predicted octanol–water partition coefficient (Wildman–Crippen LogP) is 0.447. The number of hydrogen-bond acceptors (Lipinski definition) is 2. The zero-order chi connectivity index (χ0) is 7.78. The van der Waals surface area contributed by atoms with Crippen LogP contribution in [0.15, 0.2) is 16.2 Å². The average molecular weight is 119 g/mol. The molecule has 38 valence electrons. The smallest absolute Gasteiger partial charge is 0.260 e. The molecule has 0 N–H and O–H groups in total. The van der Waals surface area contributed by atoms with Crippen molar-refractivity contribution in [3.05, 3.63) is 21.8 Å². The van der Waals surface area contributed by atoms with Gasteiger partial charge in [-0.1, -0.05) is 11.5 Å². The van der Waals surface area contributed by atoms with Crippen LogP contribution in [0.3, 0.4) is 0 Å². The monoisotopic (exact) mass is 119 g/mol. The second-order valence-corrected chi connectivity index (χ2v) is 1.89. The van der Waals surface area contributed by atoms with Crippen molar-refractivity contribution in [3.63, 3.8) is 0 Å². The molecule has 1 aromatic heterocycles. The molecule has 3 heteroatoms. The van der Waals surface area contributed by atoms with Crippen molar-refractivity contribution in [2.75, 3.05) is 0 Å². The number of aryl methyl sites for hydroxylation is 1. The Kier molecular flexibility index (Phi) is 0.457. The molecule has 0 spiro atoms. The summed E-state index contributed by atoms with van der Waals surface area (Å²) in [5.41, 5.74) is -0.468. The van der Waals surface area contributed by atoms with Crippen molar-refractivity contribution in [1.29, 1.82) is 0 Å². The summed E-state index contributed by atoms with van der Waals surface area (Å²) in [5.74, 6) is 0. The molecule has 0 bridgehead atoms. The van der Waals surface area contributed by atoms with Crippen LogP contribution in [0.25, 0.3) is 0 Å². The Morgan fingerprint density at radius 1 is 2.14 bits per heavy atom. The molecule has 0 radical (unpaired) electrons. The summed E-state index contributed by atoms with van der Waals surface area (Å²) >= 11 is 0.898. The molecule has 1 rings (SSSR count). The van der Waals surface area contributed by atoms with E-state index in [-0.39, 0.29) is 0 Å². The second kappa shape index (κ2) is 1.50. The fraction of sp³-hybridized carbons (Fsp3) is 0.250. The molecule has 1 heterocycles. The molecular formula is C4H5NOS. The van der Waals surface area contributed by atoms with Crippen LogP contribution in [-0.4, -0.2) is 3.96 Å². The SMILES string of the molecule is [2H][13C]([2H])([2H])n1sccc1=O. The van der Waals surface area contributed by atoms with Gasteiger partial charge in [0, 0.05) is 22.5 Å². The molecule has 0 aliphatic carbocycles. The Bertz CT molecular complexity index is 273. The summed E-state index contributed by atoms with van der Waals surface area (Å²) in [4.78, 5) is 10.7. The molecule has 0 saturated carbocycles. The lowest BCUT2D eigenvalue weighted by molar-refractivity contribution is 0.981. The quantitative estimate of drug-likeness (QED) is 0.454. The van der Waals surface area contributed by atoms with Gasteiger partial charge < -0.3 is 0 Å². The van der Waals surface area contributed by atoms with Crippen LogP contribution in [0, 0.1) is 0 Å². The molecule has 0 unspecified atom stereocenters. The van der Waals surface area contributed by atoms with E-state index < -0.39 is 12.5 Å². The number of aromatic nitrogens is 1. The third-order valence-corrected chi connectivity index (χ3v) is 1.23. The zero-order valence-corrected chi connectivity index (χ0v) is 4.23. The van der Waals surface area contributed by atoms with Crippen LogP contribution in [0.2, 0.25) is 0 Å². The van der Waals surface area contributed by atoms with Crippen molar-refractivity contribution in [2.45, 2.75) is 0 Å². The fourth-order valence-corrected chi connectivity index (χ4v) is 0.733. The highest BCUT2D eigenvalue weighted by Gasteiger charge is 1.82. The van der Waals surface area contributed by atoms with Crippen LogP contribution in [0.5, 0.6) is 0 Å². The van der Waals surface area contributed by atoms with Gasteiger partial charge in [0.05, 0.1) is 0 Å². The lowest BCUT2D eigenvalue weighted by Gasteiger charge is -1.76. The lowest BCUT2D eigenvalue weighted by atomic mass is 10.8. The first-order valence-corrected chi connectivity index (χ1v) is 2.53. The number of rotatable bonds is 0. The second-order valence-electron chi connectivity index (χ2n) is 1.04. The summed E-state index contributed by atoms with van der Waals surface area (Å²) in [6, 6.07) is 1.23. The molecule has 0 amide bonds. The normalized spacial score (nSPS) is 17.4. The van der Waals surface area contributed by atoms with Crippen LogP contribution in [0.1, 0.15) is 4.11 Å². The van der Waals surface area contributed by atoms with Gasteiger partial charge in [0.1, 0.15) is 0 Å². The zero-order valence-electron chi connectivity index (χ0n) is 6.42. The molecule has 2 nitrogen and oxygen atoms in total. The minimum absolute atomic E-state index is 0.468. The van der Waals surface area contributed by atoms with Crippen molar-refractivity contribution in [1.82, 2.24) is 3.96 Å². The van der Waals surface area contributed by atoms with E-state index in [9.17, 15) is 4.79 Å². The summed E-state index contributed by atoms with van der Waals surface area (Å²) in [5, 5.41) is 1.45. The van der Waals surface area contributed by atoms with E-state index in [4.69, 9.17) is 4.11 Å². The molecule has 0 fully saturated rings. The number of nitrogens with zero attached hydrogens (tertiary/aromatic N) is 1. The molecule has 0 aliphatic heterocycles. The van der Waals surface area contributed by atoms with E-state index >= 15 is 0 Å². The molecule has 1 aromatic rings. The largest absolute Gasteiger partial charge is 0.268 e. The maximum absolute atomic E-state index is 10.7. The standard InChI is InChI=1S/C4H5NOS/c1-5-4(6)2-3-7-5/h2-3H,1H3/i1+1D3. The Balaban J connectivity index is 3.18. The van der Waals surface area contributed by atoms with Gasteiger partial charge in [-0.25, -0.2) is 0 Å². The summed E-state index contributed by atoms with van der Waals surface area (Å²) in [6.45, 7) is -2.31. The molecule has 0 aromatic carbocycles. The van der Waals surface area contributed by atoms with Crippen molar-refractivity contribution < 1.29 is 4.11 Å². The first kappa shape index (κ1) is 2.13. The van der Waals surface area contributed by atoms with Crippen molar-refractivity contribution >= 4 is 11.5 Å². The molecule has 0 aliphatic rings. The Hall–Kier alpha value is -0.570. The topological polar surface area (TPSA) is 22.0 Å². The van der Waals surface area contributed by atoms with Crippen LogP contribution < -0.4 is 5.56 Å². The highest BCUT2D eigenvalue weighted by molar-refractivity contribution is 7.04. The van der Waals surface area contributed by atoms with E-state index in [0.29, 0.717) is 0 Å². The van der Waals surface area contributed by atoms with Gasteiger partial charge in [-0.3, -0.25) is 8.75 Å². The highest BCUT2D eigenvalue weighted by atomic mass is 32.1. The van der Waals surface area contributed by atoms with Crippen molar-refractivity contribution in [2.24, 2.45) is 6.98 Å². The van der Waals surface area contributed by atoms with E-state index in [1.807, 2.05) is 0 Å². The lowest BCUT2D eigenvalue weighted by Crippen LogP contribution is -2.05. The van der Waals surface area contributed by atoms with E-state index in [1.54, 1.807) is 0 Å². The Morgan fingerprint density at radius 3 is 3.29 bits per heavy atom. The molecular weight excluding hydrogens is 111 g/mol. The molecule has 0 atom stereocenters. The van der Waals surface area contributed by atoms with Gasteiger partial charge >= 0.3 is 0 Å². The summed E-state index contributed by atoms with van der Waals surface area (Å²) in [7, 11) is 0. The van der Waals surface area contributed by atoms with Crippen molar-refractivity contribution in [3.8, 4) is 0 Å². The Labute approximate surface area is 49.4 Å².